The number of ether oxygens (including phenoxy) is 1. The van der Waals surface area contributed by atoms with Gasteiger partial charge < -0.3 is 10.1 Å². The molecule has 0 bridgehead atoms. The standard InChI is InChI=1S/C8H12N2OS/c1-2-9-3-7(1)11-5-8-4-10-6-12-8/h4,6-7,9H,1-3,5H2. The van der Waals surface area contributed by atoms with Gasteiger partial charge in [0.15, 0.2) is 0 Å². The molecule has 0 aromatic carbocycles. The summed E-state index contributed by atoms with van der Waals surface area (Å²) in [4.78, 5) is 5.20. The van der Waals surface area contributed by atoms with Gasteiger partial charge in [-0.2, -0.15) is 0 Å². The molecule has 1 saturated heterocycles. The van der Waals surface area contributed by atoms with Gasteiger partial charge in [0.05, 0.1) is 23.1 Å². The van der Waals surface area contributed by atoms with Crippen molar-refractivity contribution in [1.82, 2.24) is 10.3 Å². The van der Waals surface area contributed by atoms with Gasteiger partial charge in [-0.25, -0.2) is 0 Å². The second-order valence-electron chi connectivity index (χ2n) is 2.89. The Labute approximate surface area is 75.8 Å². The Kier molecular flexibility index (Phi) is 2.71. The summed E-state index contributed by atoms with van der Waals surface area (Å²) in [7, 11) is 0. The van der Waals surface area contributed by atoms with E-state index in [2.05, 4.69) is 10.3 Å². The van der Waals surface area contributed by atoms with Crippen LogP contribution in [0, 0.1) is 0 Å². The van der Waals surface area contributed by atoms with E-state index < -0.39 is 0 Å². The van der Waals surface area contributed by atoms with Crippen molar-refractivity contribution in [2.45, 2.75) is 19.1 Å². The largest absolute Gasteiger partial charge is 0.371 e. The quantitative estimate of drug-likeness (QED) is 0.761. The molecule has 1 aromatic rings. The maximum Gasteiger partial charge on any atom is 0.0829 e. The minimum absolute atomic E-state index is 0.409. The zero-order valence-electron chi connectivity index (χ0n) is 6.82. The third-order valence-corrected chi connectivity index (χ3v) is 2.71. The molecule has 0 saturated carbocycles. The van der Waals surface area contributed by atoms with Crippen LogP contribution < -0.4 is 5.32 Å². The molecule has 0 amide bonds. The van der Waals surface area contributed by atoms with E-state index in [4.69, 9.17) is 4.74 Å². The minimum Gasteiger partial charge on any atom is -0.371 e. The van der Waals surface area contributed by atoms with Crippen LogP contribution in [-0.4, -0.2) is 24.2 Å². The smallest absolute Gasteiger partial charge is 0.0829 e. The Morgan fingerprint density at radius 3 is 3.42 bits per heavy atom. The van der Waals surface area contributed by atoms with Crippen molar-refractivity contribution in [2.24, 2.45) is 0 Å². The predicted molar refractivity (Wildman–Crippen MR) is 48.2 cm³/mol. The van der Waals surface area contributed by atoms with Crippen LogP contribution in [0.25, 0.3) is 0 Å². The lowest BCUT2D eigenvalue weighted by Crippen LogP contribution is -2.16. The third-order valence-electron chi connectivity index (χ3n) is 1.96. The molecule has 2 rings (SSSR count). The Morgan fingerprint density at radius 2 is 2.75 bits per heavy atom. The van der Waals surface area contributed by atoms with E-state index in [1.54, 1.807) is 11.3 Å². The van der Waals surface area contributed by atoms with Crippen LogP contribution in [0.2, 0.25) is 0 Å². The predicted octanol–water partition coefficient (Wildman–Crippen LogP) is 1.02. The number of thiazole rings is 1. The highest BCUT2D eigenvalue weighted by molar-refractivity contribution is 7.09. The van der Waals surface area contributed by atoms with E-state index in [-0.39, 0.29) is 0 Å². The molecule has 1 unspecified atom stereocenters. The first-order valence-corrected chi connectivity index (χ1v) is 5.03. The second-order valence-corrected chi connectivity index (χ2v) is 3.86. The van der Waals surface area contributed by atoms with Gasteiger partial charge in [-0.15, -0.1) is 11.3 Å². The van der Waals surface area contributed by atoms with Crippen LogP contribution in [0.15, 0.2) is 11.7 Å². The molecule has 1 aliphatic rings. The van der Waals surface area contributed by atoms with Crippen molar-refractivity contribution in [3.8, 4) is 0 Å². The van der Waals surface area contributed by atoms with Gasteiger partial charge in [0.1, 0.15) is 0 Å². The SMILES string of the molecule is c1ncc(COC2CCNC2)s1. The summed E-state index contributed by atoms with van der Waals surface area (Å²) in [5.74, 6) is 0. The Morgan fingerprint density at radius 1 is 1.75 bits per heavy atom. The first kappa shape index (κ1) is 8.16. The van der Waals surface area contributed by atoms with Gasteiger partial charge in [0.2, 0.25) is 0 Å². The molecule has 1 atom stereocenters. The molecule has 1 aromatic heterocycles. The summed E-state index contributed by atoms with van der Waals surface area (Å²) >= 11 is 1.65. The summed E-state index contributed by atoms with van der Waals surface area (Å²) in [6.45, 7) is 2.81. The molecule has 0 spiro atoms. The Hall–Kier alpha value is -0.450. The summed E-state index contributed by atoms with van der Waals surface area (Å²) < 4.78 is 5.66. The molecule has 1 fully saturated rings. The summed E-state index contributed by atoms with van der Waals surface area (Å²) in [6.07, 6.45) is 3.42. The van der Waals surface area contributed by atoms with E-state index in [0.29, 0.717) is 6.10 Å². The molecular formula is C8H12N2OS. The van der Waals surface area contributed by atoms with E-state index in [9.17, 15) is 0 Å². The fourth-order valence-corrected chi connectivity index (χ4v) is 1.80. The molecular weight excluding hydrogens is 172 g/mol. The van der Waals surface area contributed by atoms with E-state index in [1.807, 2.05) is 11.7 Å². The van der Waals surface area contributed by atoms with Gasteiger partial charge in [0.25, 0.3) is 0 Å². The monoisotopic (exact) mass is 184 g/mol. The molecule has 0 aliphatic carbocycles. The summed E-state index contributed by atoms with van der Waals surface area (Å²) in [6, 6.07) is 0. The number of hydrogen-bond acceptors (Lipinski definition) is 4. The maximum atomic E-state index is 5.66. The molecule has 66 valence electrons. The second kappa shape index (κ2) is 3.98. The zero-order valence-corrected chi connectivity index (χ0v) is 7.64. The van der Waals surface area contributed by atoms with Crippen molar-refractivity contribution in [2.75, 3.05) is 13.1 Å². The molecule has 0 radical (unpaired) electrons. The van der Waals surface area contributed by atoms with Gasteiger partial charge in [-0.3, -0.25) is 4.98 Å². The first-order chi connectivity index (χ1) is 5.95. The van der Waals surface area contributed by atoms with Gasteiger partial charge in [-0.1, -0.05) is 0 Å². The number of hydrogen-bond donors (Lipinski definition) is 1. The third kappa shape index (κ3) is 2.03. The van der Waals surface area contributed by atoms with Crippen LogP contribution in [0.3, 0.4) is 0 Å². The van der Waals surface area contributed by atoms with Crippen molar-refractivity contribution in [3.05, 3.63) is 16.6 Å². The fraction of sp³-hybridized carbons (Fsp3) is 0.625. The molecule has 3 nitrogen and oxygen atoms in total. The molecule has 1 aliphatic heterocycles. The van der Waals surface area contributed by atoms with Gasteiger partial charge >= 0.3 is 0 Å². The summed E-state index contributed by atoms with van der Waals surface area (Å²) in [5, 5.41) is 3.27. The van der Waals surface area contributed by atoms with Crippen molar-refractivity contribution in [3.63, 3.8) is 0 Å². The zero-order chi connectivity index (χ0) is 8.23. The van der Waals surface area contributed by atoms with Crippen LogP contribution in [0.1, 0.15) is 11.3 Å². The topological polar surface area (TPSA) is 34.1 Å². The number of nitrogens with one attached hydrogen (secondary N) is 1. The highest BCUT2D eigenvalue weighted by atomic mass is 32.1. The Bertz CT molecular complexity index is 219. The van der Waals surface area contributed by atoms with Gasteiger partial charge in [0, 0.05) is 12.7 Å². The maximum absolute atomic E-state index is 5.66. The highest BCUT2D eigenvalue weighted by Crippen LogP contribution is 2.11. The highest BCUT2D eigenvalue weighted by Gasteiger charge is 2.14. The van der Waals surface area contributed by atoms with Crippen LogP contribution in [-0.2, 0) is 11.3 Å². The van der Waals surface area contributed by atoms with Gasteiger partial charge in [-0.05, 0) is 13.0 Å². The van der Waals surface area contributed by atoms with E-state index >= 15 is 0 Å². The first-order valence-electron chi connectivity index (χ1n) is 4.15. The van der Waals surface area contributed by atoms with E-state index in [0.717, 1.165) is 26.1 Å². The van der Waals surface area contributed by atoms with Crippen molar-refractivity contribution >= 4 is 11.3 Å². The fourth-order valence-electron chi connectivity index (χ4n) is 1.28. The van der Waals surface area contributed by atoms with Crippen LogP contribution >= 0.6 is 11.3 Å². The van der Waals surface area contributed by atoms with Crippen molar-refractivity contribution in [1.29, 1.82) is 0 Å². The minimum atomic E-state index is 0.409. The average Bonchev–Trinajstić information content (AvgIpc) is 2.74. The average molecular weight is 184 g/mol. The number of nitrogens with zero attached hydrogens (tertiary/aromatic N) is 1. The van der Waals surface area contributed by atoms with Crippen molar-refractivity contribution < 1.29 is 4.74 Å². The molecule has 2 heterocycles. The summed E-state index contributed by atoms with van der Waals surface area (Å²) in [5.41, 5.74) is 1.84. The molecule has 1 N–H and O–H groups in total. The van der Waals surface area contributed by atoms with Crippen LogP contribution in [0.5, 0.6) is 0 Å². The van der Waals surface area contributed by atoms with E-state index in [1.165, 1.54) is 4.88 Å². The molecule has 12 heavy (non-hydrogen) atoms. The molecule has 4 heteroatoms. The number of aromatic nitrogens is 1. The van der Waals surface area contributed by atoms with Crippen LogP contribution in [0.4, 0.5) is 0 Å². The number of rotatable bonds is 3. The lowest BCUT2D eigenvalue weighted by atomic mass is 10.3. The lowest BCUT2D eigenvalue weighted by Gasteiger charge is -2.07. The Balaban J connectivity index is 1.74. The lowest BCUT2D eigenvalue weighted by molar-refractivity contribution is 0.0558. The normalized spacial score (nSPS) is 23.2.